The molecule has 0 N–H and O–H groups in total. The average Bonchev–Trinajstić information content (AvgIpc) is 3.12. The van der Waals surface area contributed by atoms with Gasteiger partial charge in [-0.15, -0.1) is 0 Å². The van der Waals surface area contributed by atoms with Gasteiger partial charge >= 0.3 is 0 Å². The van der Waals surface area contributed by atoms with E-state index in [0.717, 1.165) is 0 Å². The zero-order chi connectivity index (χ0) is 13.1. The van der Waals surface area contributed by atoms with Crippen molar-refractivity contribution in [2.75, 3.05) is 0 Å². The van der Waals surface area contributed by atoms with Crippen LogP contribution in [0.15, 0.2) is 24.8 Å². The van der Waals surface area contributed by atoms with Crippen LogP contribution in [0, 0.1) is 19.3 Å². The molecule has 0 bridgehead atoms. The van der Waals surface area contributed by atoms with E-state index >= 15 is 0 Å². The molecule has 0 heteroatoms. The van der Waals surface area contributed by atoms with Gasteiger partial charge in [-0.3, -0.25) is 0 Å². The van der Waals surface area contributed by atoms with Crippen LogP contribution in [0.2, 0.25) is 0 Å². The monoisotopic (exact) mass is 230 g/mol. The first kappa shape index (κ1) is 14.0. The number of allylic oxidation sites excluding steroid dienone is 1. The fourth-order valence-electron chi connectivity index (χ4n) is 2.58. The molecule has 1 aliphatic carbocycles. The van der Waals surface area contributed by atoms with Gasteiger partial charge in [0.05, 0.1) is 0 Å². The predicted octanol–water partition coefficient (Wildman–Crippen LogP) is 5.53. The molecule has 0 aromatic heterocycles. The Morgan fingerprint density at radius 1 is 1.18 bits per heavy atom. The van der Waals surface area contributed by atoms with Gasteiger partial charge in [0.25, 0.3) is 0 Å². The summed E-state index contributed by atoms with van der Waals surface area (Å²) in [7, 11) is 0. The minimum Gasteiger partial charge on any atom is -0.0946 e. The summed E-state index contributed by atoms with van der Waals surface area (Å²) in [6, 6.07) is 6.52. The quantitative estimate of drug-likeness (QED) is 0.640. The van der Waals surface area contributed by atoms with Gasteiger partial charge in [-0.1, -0.05) is 45.5 Å². The molecule has 17 heavy (non-hydrogen) atoms. The molecular weight excluding hydrogens is 204 g/mol. The molecule has 0 amide bonds. The number of hydrogen-bond donors (Lipinski definition) is 0. The minimum atomic E-state index is 0.441. The molecule has 1 aromatic carbocycles. The maximum Gasteiger partial charge on any atom is -0.00487 e. The van der Waals surface area contributed by atoms with Crippen molar-refractivity contribution in [3.05, 3.63) is 41.5 Å². The lowest BCUT2D eigenvalue weighted by Gasteiger charge is -2.20. The molecule has 0 heterocycles. The third-order valence-corrected chi connectivity index (χ3v) is 3.95. The van der Waals surface area contributed by atoms with E-state index in [0.29, 0.717) is 5.41 Å². The summed E-state index contributed by atoms with van der Waals surface area (Å²) < 4.78 is 0. The summed E-state index contributed by atoms with van der Waals surface area (Å²) in [5.41, 5.74) is 5.98. The fraction of sp³-hybridized carbons (Fsp3) is 0.529. The van der Waals surface area contributed by atoms with Crippen molar-refractivity contribution in [3.8, 4) is 0 Å². The van der Waals surface area contributed by atoms with Crippen molar-refractivity contribution in [1.82, 2.24) is 0 Å². The Bertz CT molecular complexity index is 374. The highest BCUT2D eigenvalue weighted by Gasteiger charge is 2.44. The molecule has 1 saturated carbocycles. The lowest BCUT2D eigenvalue weighted by Crippen LogP contribution is -2.04. The first-order valence-electron chi connectivity index (χ1n) is 6.87. The topological polar surface area (TPSA) is 0 Å². The summed E-state index contributed by atoms with van der Waals surface area (Å²) in [6.07, 6.45) is 3.89. The van der Waals surface area contributed by atoms with Crippen molar-refractivity contribution in [2.24, 2.45) is 5.41 Å². The second kappa shape index (κ2) is 5.53. The molecule has 1 aliphatic rings. The van der Waals surface area contributed by atoms with Gasteiger partial charge in [-0.05, 0) is 60.8 Å². The Morgan fingerprint density at radius 2 is 1.65 bits per heavy atom. The molecule has 0 saturated heterocycles. The van der Waals surface area contributed by atoms with Gasteiger partial charge in [0.2, 0.25) is 0 Å². The number of hydrogen-bond acceptors (Lipinski definition) is 0. The second-order valence-corrected chi connectivity index (χ2v) is 4.88. The van der Waals surface area contributed by atoms with Crippen molar-refractivity contribution in [2.45, 2.75) is 53.9 Å². The second-order valence-electron chi connectivity index (χ2n) is 4.88. The highest BCUT2D eigenvalue weighted by Crippen LogP contribution is 2.58. The van der Waals surface area contributed by atoms with Crippen LogP contribution in [0.1, 0.15) is 56.7 Å². The highest BCUT2D eigenvalue weighted by atomic mass is 14.5. The number of rotatable bonds is 3. The largest absolute Gasteiger partial charge is 0.0946 e. The zero-order valence-corrected chi connectivity index (χ0v) is 12.1. The van der Waals surface area contributed by atoms with Crippen molar-refractivity contribution in [3.63, 3.8) is 0 Å². The maximum atomic E-state index is 4.35. The first-order chi connectivity index (χ1) is 8.10. The van der Waals surface area contributed by atoms with Gasteiger partial charge in [-0.2, -0.15) is 0 Å². The van der Waals surface area contributed by atoms with E-state index in [1.54, 1.807) is 0 Å². The Balaban J connectivity index is 0.000000686. The summed E-state index contributed by atoms with van der Waals surface area (Å²) in [6.45, 7) is 15.0. The zero-order valence-electron chi connectivity index (χ0n) is 12.1. The van der Waals surface area contributed by atoms with Crippen LogP contribution in [-0.2, 0) is 0 Å². The van der Waals surface area contributed by atoms with E-state index < -0.39 is 0 Å². The Kier molecular flexibility index (Phi) is 4.56. The van der Waals surface area contributed by atoms with Gasteiger partial charge in [-0.25, -0.2) is 0 Å². The standard InChI is InChI=1S/C15H20.C2H6/c1-5-15(9-10-15)13(4)14-11(2)7-6-8-12(14)3;1-2/h6-8H,4-5,9-10H2,1-3H3;1-2H3. The summed E-state index contributed by atoms with van der Waals surface area (Å²) in [5.74, 6) is 0. The molecule has 2 rings (SSSR count). The lowest BCUT2D eigenvalue weighted by atomic mass is 9.84. The minimum absolute atomic E-state index is 0.441. The van der Waals surface area contributed by atoms with Crippen LogP contribution < -0.4 is 0 Å². The normalized spacial score (nSPS) is 15.8. The first-order valence-corrected chi connectivity index (χ1v) is 6.87. The van der Waals surface area contributed by atoms with Crippen molar-refractivity contribution in [1.29, 1.82) is 0 Å². The van der Waals surface area contributed by atoms with E-state index in [1.165, 1.54) is 41.5 Å². The van der Waals surface area contributed by atoms with Crippen molar-refractivity contribution < 1.29 is 0 Å². The Morgan fingerprint density at radius 3 is 2.00 bits per heavy atom. The molecule has 94 valence electrons. The van der Waals surface area contributed by atoms with E-state index in [9.17, 15) is 0 Å². The Hall–Kier alpha value is -1.04. The molecular formula is C17H26. The van der Waals surface area contributed by atoms with Crippen LogP contribution in [0.4, 0.5) is 0 Å². The third-order valence-electron chi connectivity index (χ3n) is 3.95. The number of aryl methyl sites for hydroxylation is 2. The van der Waals surface area contributed by atoms with E-state index in [4.69, 9.17) is 0 Å². The van der Waals surface area contributed by atoms with Gasteiger partial charge in [0.1, 0.15) is 0 Å². The Labute approximate surface area is 107 Å². The molecule has 1 fully saturated rings. The average molecular weight is 230 g/mol. The summed E-state index contributed by atoms with van der Waals surface area (Å²) >= 11 is 0. The molecule has 1 aromatic rings. The lowest BCUT2D eigenvalue weighted by molar-refractivity contribution is 0.646. The van der Waals surface area contributed by atoms with Crippen molar-refractivity contribution >= 4 is 5.57 Å². The van der Waals surface area contributed by atoms with Crippen LogP contribution in [0.5, 0.6) is 0 Å². The predicted molar refractivity (Wildman–Crippen MR) is 78.3 cm³/mol. The van der Waals surface area contributed by atoms with Crippen LogP contribution >= 0.6 is 0 Å². The summed E-state index contributed by atoms with van der Waals surface area (Å²) in [5, 5.41) is 0. The van der Waals surface area contributed by atoms with Crippen LogP contribution in [-0.4, -0.2) is 0 Å². The van der Waals surface area contributed by atoms with Gasteiger partial charge in [0.15, 0.2) is 0 Å². The third kappa shape index (κ3) is 2.62. The molecule has 0 nitrogen and oxygen atoms in total. The van der Waals surface area contributed by atoms with E-state index in [-0.39, 0.29) is 0 Å². The SMILES string of the molecule is C=C(c1c(C)cccc1C)C1(CC)CC1.CC. The highest BCUT2D eigenvalue weighted by molar-refractivity contribution is 5.75. The van der Waals surface area contributed by atoms with Crippen LogP contribution in [0.3, 0.4) is 0 Å². The molecule has 0 atom stereocenters. The maximum absolute atomic E-state index is 4.35. The molecule has 0 spiro atoms. The molecule has 0 unspecified atom stereocenters. The van der Waals surface area contributed by atoms with E-state index in [1.807, 2.05) is 13.8 Å². The molecule has 0 radical (unpaired) electrons. The molecule has 0 aliphatic heterocycles. The smallest absolute Gasteiger partial charge is 0.00487 e. The van der Waals surface area contributed by atoms with Crippen LogP contribution in [0.25, 0.3) is 5.57 Å². The van der Waals surface area contributed by atoms with Gasteiger partial charge in [0, 0.05) is 0 Å². The number of benzene rings is 1. The fourth-order valence-corrected chi connectivity index (χ4v) is 2.58. The summed E-state index contributed by atoms with van der Waals surface area (Å²) in [4.78, 5) is 0. The van der Waals surface area contributed by atoms with Gasteiger partial charge < -0.3 is 0 Å². The van der Waals surface area contributed by atoms with E-state index in [2.05, 4.69) is 45.5 Å².